The van der Waals surface area contributed by atoms with Crippen molar-refractivity contribution < 1.29 is 14.2 Å². The minimum atomic E-state index is -0.232. The lowest BCUT2D eigenvalue weighted by molar-refractivity contribution is -0.151. The van der Waals surface area contributed by atoms with Gasteiger partial charge in [0, 0.05) is 32.0 Å². The first-order valence-corrected chi connectivity index (χ1v) is 6.45. The molecular weight excluding hydrogens is 206 g/mol. The summed E-state index contributed by atoms with van der Waals surface area (Å²) in [5.41, 5.74) is 0. The first-order valence-electron chi connectivity index (χ1n) is 6.45. The molecule has 2 atom stereocenters. The van der Waals surface area contributed by atoms with E-state index in [9.17, 15) is 0 Å². The monoisotopic (exact) mass is 227 g/mol. The van der Waals surface area contributed by atoms with Crippen molar-refractivity contribution >= 4 is 0 Å². The molecule has 16 heavy (non-hydrogen) atoms. The number of hydrogen-bond donors (Lipinski definition) is 1. The molecule has 1 saturated carbocycles. The largest absolute Gasteiger partial charge is 0.381 e. The number of rotatable bonds is 3. The summed E-state index contributed by atoms with van der Waals surface area (Å²) in [5, 5.41) is 3.63. The van der Waals surface area contributed by atoms with E-state index in [0.717, 1.165) is 45.8 Å². The molecule has 1 spiro atoms. The Labute approximate surface area is 96.6 Å². The van der Waals surface area contributed by atoms with Gasteiger partial charge in [0.15, 0.2) is 5.79 Å². The lowest BCUT2D eigenvalue weighted by Crippen LogP contribution is -2.35. The molecule has 3 rings (SSSR count). The van der Waals surface area contributed by atoms with Crippen molar-refractivity contribution in [3.05, 3.63) is 0 Å². The second kappa shape index (κ2) is 4.61. The van der Waals surface area contributed by atoms with E-state index in [1.807, 2.05) is 0 Å². The maximum absolute atomic E-state index is 5.72. The fraction of sp³-hybridized carbons (Fsp3) is 1.00. The van der Waals surface area contributed by atoms with Crippen molar-refractivity contribution in [1.82, 2.24) is 5.32 Å². The van der Waals surface area contributed by atoms with Gasteiger partial charge in [0.1, 0.15) is 0 Å². The van der Waals surface area contributed by atoms with Gasteiger partial charge in [-0.15, -0.1) is 0 Å². The van der Waals surface area contributed by atoms with Crippen molar-refractivity contribution in [2.24, 2.45) is 5.92 Å². The molecule has 0 aromatic heterocycles. The number of ether oxygens (including phenoxy) is 3. The van der Waals surface area contributed by atoms with Crippen molar-refractivity contribution in [1.29, 1.82) is 0 Å². The summed E-state index contributed by atoms with van der Waals surface area (Å²) in [7, 11) is 0. The summed E-state index contributed by atoms with van der Waals surface area (Å²) in [6.45, 7) is 4.48. The van der Waals surface area contributed by atoms with Crippen LogP contribution in [0, 0.1) is 5.92 Å². The summed E-state index contributed by atoms with van der Waals surface area (Å²) in [5.74, 6) is 0.478. The Bertz CT molecular complexity index is 234. The molecule has 1 N–H and O–H groups in total. The lowest BCUT2D eigenvalue weighted by Gasteiger charge is -2.22. The average Bonchev–Trinajstić information content (AvgIpc) is 3.01. The molecule has 4 nitrogen and oxygen atoms in total. The van der Waals surface area contributed by atoms with Gasteiger partial charge in [0.25, 0.3) is 0 Å². The third kappa shape index (κ3) is 2.25. The topological polar surface area (TPSA) is 39.7 Å². The van der Waals surface area contributed by atoms with Gasteiger partial charge >= 0.3 is 0 Å². The zero-order valence-electron chi connectivity index (χ0n) is 9.74. The van der Waals surface area contributed by atoms with E-state index >= 15 is 0 Å². The van der Waals surface area contributed by atoms with Crippen molar-refractivity contribution in [3.63, 3.8) is 0 Å². The van der Waals surface area contributed by atoms with Crippen LogP contribution in [0.5, 0.6) is 0 Å². The molecule has 0 radical (unpaired) electrons. The van der Waals surface area contributed by atoms with Crippen LogP contribution in [0.2, 0.25) is 0 Å². The molecule has 2 aliphatic heterocycles. The van der Waals surface area contributed by atoms with Gasteiger partial charge in [0.2, 0.25) is 0 Å². The maximum atomic E-state index is 5.72. The van der Waals surface area contributed by atoms with Crippen LogP contribution in [0.3, 0.4) is 0 Å². The van der Waals surface area contributed by atoms with Gasteiger partial charge in [-0.1, -0.05) is 0 Å². The summed E-state index contributed by atoms with van der Waals surface area (Å²) < 4.78 is 16.8. The van der Waals surface area contributed by atoms with E-state index in [1.54, 1.807) is 0 Å². The van der Waals surface area contributed by atoms with Crippen LogP contribution in [0.1, 0.15) is 25.7 Å². The molecule has 1 aliphatic carbocycles. The zero-order chi connectivity index (χ0) is 10.8. The Balaban J connectivity index is 1.43. The molecule has 3 fully saturated rings. The molecule has 92 valence electrons. The predicted molar refractivity (Wildman–Crippen MR) is 59.2 cm³/mol. The second-order valence-corrected chi connectivity index (χ2v) is 5.19. The highest BCUT2D eigenvalue weighted by Crippen LogP contribution is 2.37. The molecule has 2 saturated heterocycles. The average molecular weight is 227 g/mol. The Morgan fingerprint density at radius 1 is 1.12 bits per heavy atom. The number of hydrogen-bond acceptors (Lipinski definition) is 4. The highest BCUT2D eigenvalue weighted by Gasteiger charge is 2.43. The molecule has 2 unspecified atom stereocenters. The van der Waals surface area contributed by atoms with Crippen LogP contribution in [0.4, 0.5) is 0 Å². The van der Waals surface area contributed by atoms with Gasteiger partial charge in [-0.3, -0.25) is 0 Å². The van der Waals surface area contributed by atoms with E-state index in [-0.39, 0.29) is 5.79 Å². The van der Waals surface area contributed by atoms with Crippen LogP contribution in [-0.2, 0) is 14.2 Å². The van der Waals surface area contributed by atoms with E-state index in [4.69, 9.17) is 14.2 Å². The van der Waals surface area contributed by atoms with Crippen LogP contribution in [-0.4, -0.2) is 44.8 Å². The van der Waals surface area contributed by atoms with Gasteiger partial charge in [-0.25, -0.2) is 0 Å². The number of nitrogens with one attached hydrogen (secondary N) is 1. The smallest absolute Gasteiger partial charge is 0.170 e. The standard InChI is InChI=1S/C12H21NO3/c1-3-12(15-5-6-16-12)7-11(1)13-8-10-2-4-14-9-10/h10-11,13H,1-9H2. The molecule has 4 heteroatoms. The molecule has 3 aliphatic rings. The Kier molecular flexibility index (Phi) is 3.16. The summed E-state index contributed by atoms with van der Waals surface area (Å²) in [6, 6.07) is 0.568. The molecule has 0 amide bonds. The van der Waals surface area contributed by atoms with Gasteiger partial charge < -0.3 is 19.5 Å². The first kappa shape index (κ1) is 11.0. The summed E-state index contributed by atoms with van der Waals surface area (Å²) in [4.78, 5) is 0. The highest BCUT2D eigenvalue weighted by atomic mass is 16.7. The Morgan fingerprint density at radius 3 is 2.75 bits per heavy atom. The van der Waals surface area contributed by atoms with Gasteiger partial charge in [0.05, 0.1) is 19.8 Å². The Morgan fingerprint density at radius 2 is 2.00 bits per heavy atom. The SMILES string of the molecule is C1CC(CNC2CCC3(C2)OCCO3)CO1. The van der Waals surface area contributed by atoms with E-state index in [1.165, 1.54) is 12.8 Å². The van der Waals surface area contributed by atoms with Crippen LogP contribution < -0.4 is 5.32 Å². The summed E-state index contributed by atoms with van der Waals surface area (Å²) >= 11 is 0. The van der Waals surface area contributed by atoms with Crippen LogP contribution >= 0.6 is 0 Å². The van der Waals surface area contributed by atoms with Crippen molar-refractivity contribution in [2.45, 2.75) is 37.5 Å². The fourth-order valence-corrected chi connectivity index (χ4v) is 2.98. The predicted octanol–water partition coefficient (Wildman–Crippen LogP) is 0.908. The molecule has 0 aromatic rings. The quantitative estimate of drug-likeness (QED) is 0.778. The normalized spacial score (nSPS) is 37.5. The van der Waals surface area contributed by atoms with Crippen LogP contribution in [0.15, 0.2) is 0 Å². The van der Waals surface area contributed by atoms with E-state index < -0.39 is 0 Å². The van der Waals surface area contributed by atoms with Gasteiger partial charge in [-0.2, -0.15) is 0 Å². The lowest BCUT2D eigenvalue weighted by atomic mass is 10.1. The third-order valence-electron chi connectivity index (χ3n) is 3.96. The van der Waals surface area contributed by atoms with E-state index in [2.05, 4.69) is 5.32 Å². The Hall–Kier alpha value is -0.160. The van der Waals surface area contributed by atoms with Gasteiger partial charge in [-0.05, 0) is 18.8 Å². The van der Waals surface area contributed by atoms with Crippen LogP contribution in [0.25, 0.3) is 0 Å². The van der Waals surface area contributed by atoms with Crippen molar-refractivity contribution in [3.8, 4) is 0 Å². The summed E-state index contributed by atoms with van der Waals surface area (Å²) in [6.07, 6.45) is 4.44. The zero-order valence-corrected chi connectivity index (χ0v) is 9.74. The second-order valence-electron chi connectivity index (χ2n) is 5.19. The molecule has 2 heterocycles. The van der Waals surface area contributed by atoms with Crippen molar-refractivity contribution in [2.75, 3.05) is 33.0 Å². The third-order valence-corrected chi connectivity index (χ3v) is 3.96. The molecule has 0 aromatic carbocycles. The maximum Gasteiger partial charge on any atom is 0.170 e. The van der Waals surface area contributed by atoms with E-state index in [0.29, 0.717) is 12.0 Å². The fourth-order valence-electron chi connectivity index (χ4n) is 2.98. The molecule has 0 bridgehead atoms. The minimum Gasteiger partial charge on any atom is -0.381 e. The first-order chi connectivity index (χ1) is 7.86. The molecular formula is C12H21NO3. The highest BCUT2D eigenvalue weighted by molar-refractivity contribution is 4.90. The minimum absolute atomic E-state index is 0.232.